The van der Waals surface area contributed by atoms with Gasteiger partial charge in [0, 0.05) is 30.4 Å². The lowest BCUT2D eigenvalue weighted by molar-refractivity contribution is -0.119. The number of rotatable bonds is 5. The van der Waals surface area contributed by atoms with E-state index in [2.05, 4.69) is 10.3 Å². The molecular formula is C24H23N3O2. The topological polar surface area (TPSA) is 62.3 Å². The molecule has 1 atom stereocenters. The summed E-state index contributed by atoms with van der Waals surface area (Å²) in [6, 6.07) is 22.4. The van der Waals surface area contributed by atoms with E-state index in [1.165, 1.54) is 0 Å². The largest absolute Gasteiger partial charge is 0.340 e. The molecule has 5 heteroatoms. The molecule has 0 spiro atoms. The number of hydrogen-bond acceptors (Lipinski definition) is 3. The van der Waals surface area contributed by atoms with Crippen molar-refractivity contribution in [2.24, 2.45) is 0 Å². The molecular weight excluding hydrogens is 362 g/mol. The van der Waals surface area contributed by atoms with Gasteiger partial charge in [-0.05, 0) is 54.8 Å². The molecule has 0 radical (unpaired) electrons. The standard InChI is InChI=1S/C24H23N3O2/c28-22-11-5-7-17-27(22)20-14-12-19(13-15-20)24(29)26-23(18-8-2-1-3-9-18)21-10-4-6-16-25-21/h1-4,6,8-10,12-16,23H,5,7,11,17H2,(H,26,29). The van der Waals surface area contributed by atoms with Gasteiger partial charge in [-0.1, -0.05) is 36.4 Å². The molecule has 1 aromatic heterocycles. The maximum Gasteiger partial charge on any atom is 0.252 e. The van der Waals surface area contributed by atoms with Crippen LogP contribution in [-0.4, -0.2) is 23.3 Å². The number of aromatic nitrogens is 1. The molecule has 146 valence electrons. The number of hydrogen-bond donors (Lipinski definition) is 1. The van der Waals surface area contributed by atoms with Crippen LogP contribution < -0.4 is 10.2 Å². The van der Waals surface area contributed by atoms with Gasteiger partial charge in [-0.3, -0.25) is 14.6 Å². The van der Waals surface area contributed by atoms with Gasteiger partial charge < -0.3 is 10.2 Å². The fourth-order valence-electron chi connectivity index (χ4n) is 3.61. The lowest BCUT2D eigenvalue weighted by Crippen LogP contribution is -2.35. The highest BCUT2D eigenvalue weighted by atomic mass is 16.2. The van der Waals surface area contributed by atoms with E-state index in [-0.39, 0.29) is 17.9 Å². The first-order valence-electron chi connectivity index (χ1n) is 9.89. The van der Waals surface area contributed by atoms with Crippen molar-refractivity contribution in [2.75, 3.05) is 11.4 Å². The number of carbonyl (C=O) groups is 2. The fourth-order valence-corrected chi connectivity index (χ4v) is 3.61. The number of nitrogens with one attached hydrogen (secondary N) is 1. The number of carbonyl (C=O) groups excluding carboxylic acids is 2. The average Bonchev–Trinajstić information content (AvgIpc) is 2.79. The van der Waals surface area contributed by atoms with E-state index in [1.54, 1.807) is 23.2 Å². The SMILES string of the molecule is O=C(NC(c1ccccc1)c1ccccn1)c1ccc(N2CCCCC2=O)cc1. The smallest absolute Gasteiger partial charge is 0.252 e. The molecule has 1 aliphatic heterocycles. The van der Waals surface area contributed by atoms with Crippen LogP contribution in [0.3, 0.4) is 0 Å². The van der Waals surface area contributed by atoms with Crippen molar-refractivity contribution in [1.29, 1.82) is 0 Å². The second-order valence-electron chi connectivity index (χ2n) is 7.12. The third-order valence-electron chi connectivity index (χ3n) is 5.16. The van der Waals surface area contributed by atoms with Crippen LogP contribution in [0.5, 0.6) is 0 Å². The summed E-state index contributed by atoms with van der Waals surface area (Å²) in [4.78, 5) is 31.3. The van der Waals surface area contributed by atoms with Crippen molar-refractivity contribution in [3.8, 4) is 0 Å². The van der Waals surface area contributed by atoms with Gasteiger partial charge in [0.15, 0.2) is 0 Å². The van der Waals surface area contributed by atoms with Gasteiger partial charge in [0.1, 0.15) is 0 Å². The van der Waals surface area contributed by atoms with E-state index < -0.39 is 0 Å². The first-order valence-corrected chi connectivity index (χ1v) is 9.89. The third-order valence-corrected chi connectivity index (χ3v) is 5.16. The molecule has 0 bridgehead atoms. The van der Waals surface area contributed by atoms with Crippen LogP contribution in [0.4, 0.5) is 5.69 Å². The number of pyridine rings is 1. The Hall–Kier alpha value is -3.47. The van der Waals surface area contributed by atoms with Crippen LogP contribution in [-0.2, 0) is 4.79 Å². The van der Waals surface area contributed by atoms with Crippen LogP contribution in [0.1, 0.15) is 46.9 Å². The summed E-state index contributed by atoms with van der Waals surface area (Å²) in [5, 5.41) is 3.09. The summed E-state index contributed by atoms with van der Waals surface area (Å²) in [5.74, 6) is -0.0335. The Morgan fingerprint density at radius 1 is 0.931 bits per heavy atom. The zero-order valence-corrected chi connectivity index (χ0v) is 16.1. The van der Waals surface area contributed by atoms with Crippen LogP contribution in [0, 0.1) is 0 Å². The molecule has 1 aliphatic rings. The molecule has 5 nitrogen and oxygen atoms in total. The minimum absolute atomic E-state index is 0.146. The Morgan fingerprint density at radius 3 is 2.38 bits per heavy atom. The fraction of sp³-hybridized carbons (Fsp3) is 0.208. The highest BCUT2D eigenvalue weighted by Gasteiger charge is 2.21. The Bertz CT molecular complexity index is 933. The van der Waals surface area contributed by atoms with E-state index in [9.17, 15) is 9.59 Å². The third kappa shape index (κ3) is 4.35. The summed E-state index contributed by atoms with van der Waals surface area (Å²) in [6.45, 7) is 0.736. The number of amides is 2. The van der Waals surface area contributed by atoms with Gasteiger partial charge in [-0.2, -0.15) is 0 Å². The van der Waals surface area contributed by atoms with E-state index >= 15 is 0 Å². The number of piperidine rings is 1. The van der Waals surface area contributed by atoms with Crippen molar-refractivity contribution in [3.05, 3.63) is 95.8 Å². The van der Waals surface area contributed by atoms with Gasteiger partial charge in [-0.25, -0.2) is 0 Å². The van der Waals surface area contributed by atoms with Crippen molar-refractivity contribution >= 4 is 17.5 Å². The molecule has 29 heavy (non-hydrogen) atoms. The molecule has 1 fully saturated rings. The van der Waals surface area contributed by atoms with Crippen LogP contribution >= 0.6 is 0 Å². The second-order valence-corrected chi connectivity index (χ2v) is 7.12. The van der Waals surface area contributed by atoms with Gasteiger partial charge in [0.05, 0.1) is 11.7 Å². The van der Waals surface area contributed by atoms with Crippen molar-refractivity contribution < 1.29 is 9.59 Å². The van der Waals surface area contributed by atoms with Gasteiger partial charge in [0.2, 0.25) is 5.91 Å². The van der Waals surface area contributed by atoms with E-state index in [0.717, 1.165) is 36.3 Å². The quantitative estimate of drug-likeness (QED) is 0.719. The zero-order chi connectivity index (χ0) is 20.1. The first kappa shape index (κ1) is 18.9. The Labute approximate surface area is 170 Å². The van der Waals surface area contributed by atoms with E-state index in [4.69, 9.17) is 0 Å². The first-order chi connectivity index (χ1) is 14.2. The average molecular weight is 385 g/mol. The van der Waals surface area contributed by atoms with Gasteiger partial charge in [0.25, 0.3) is 5.91 Å². The summed E-state index contributed by atoms with van der Waals surface area (Å²) < 4.78 is 0. The normalized spacial score (nSPS) is 15.0. The Kier molecular flexibility index (Phi) is 5.66. The molecule has 3 aromatic rings. The molecule has 2 amide bonds. The Morgan fingerprint density at radius 2 is 1.69 bits per heavy atom. The molecule has 4 rings (SSSR count). The molecule has 1 saturated heterocycles. The van der Waals surface area contributed by atoms with Crippen LogP contribution in [0.2, 0.25) is 0 Å². The van der Waals surface area contributed by atoms with Crippen LogP contribution in [0.25, 0.3) is 0 Å². The predicted molar refractivity (Wildman–Crippen MR) is 113 cm³/mol. The summed E-state index contributed by atoms with van der Waals surface area (Å²) >= 11 is 0. The molecule has 1 N–H and O–H groups in total. The second kappa shape index (κ2) is 8.69. The molecule has 1 unspecified atom stereocenters. The highest BCUT2D eigenvalue weighted by Crippen LogP contribution is 2.23. The van der Waals surface area contributed by atoms with Gasteiger partial charge >= 0.3 is 0 Å². The maximum absolute atomic E-state index is 12.9. The molecule has 2 heterocycles. The van der Waals surface area contributed by atoms with Crippen molar-refractivity contribution in [2.45, 2.75) is 25.3 Å². The highest BCUT2D eigenvalue weighted by molar-refractivity contribution is 5.97. The lowest BCUT2D eigenvalue weighted by Gasteiger charge is -2.27. The number of nitrogens with zero attached hydrogens (tertiary/aromatic N) is 2. The molecule has 2 aromatic carbocycles. The minimum atomic E-state index is -0.340. The predicted octanol–water partition coefficient (Wildman–Crippen LogP) is 4.12. The van der Waals surface area contributed by atoms with Crippen LogP contribution in [0.15, 0.2) is 79.0 Å². The lowest BCUT2D eigenvalue weighted by atomic mass is 10.0. The molecule has 0 aliphatic carbocycles. The van der Waals surface area contributed by atoms with Crippen molar-refractivity contribution in [3.63, 3.8) is 0 Å². The van der Waals surface area contributed by atoms with Gasteiger partial charge in [-0.15, -0.1) is 0 Å². The maximum atomic E-state index is 12.9. The van der Waals surface area contributed by atoms with E-state index in [0.29, 0.717) is 12.0 Å². The van der Waals surface area contributed by atoms with Crippen molar-refractivity contribution in [1.82, 2.24) is 10.3 Å². The number of benzene rings is 2. The van der Waals surface area contributed by atoms with E-state index in [1.807, 2.05) is 60.7 Å². The summed E-state index contributed by atoms with van der Waals surface area (Å²) in [7, 11) is 0. The zero-order valence-electron chi connectivity index (χ0n) is 16.1. The molecule has 0 saturated carbocycles. The minimum Gasteiger partial charge on any atom is -0.340 e. The summed E-state index contributed by atoms with van der Waals surface area (Å²) in [6.07, 6.45) is 4.27. The Balaban J connectivity index is 1.54. The number of anilines is 1. The monoisotopic (exact) mass is 385 g/mol. The summed E-state index contributed by atoms with van der Waals surface area (Å²) in [5.41, 5.74) is 3.14.